The number of nitrogens with one attached hydrogen (secondary N) is 1. The fourth-order valence-corrected chi connectivity index (χ4v) is 1.77. The van der Waals surface area contributed by atoms with Gasteiger partial charge in [-0.25, -0.2) is 0 Å². The Labute approximate surface area is 77.8 Å². The molecule has 1 atom stereocenters. The summed E-state index contributed by atoms with van der Waals surface area (Å²) in [4.78, 5) is 0. The number of thiocarbonyl (C=S) groups is 1. The molecule has 0 bridgehead atoms. The van der Waals surface area contributed by atoms with Crippen molar-refractivity contribution in [3.8, 4) is 0 Å². The molecule has 62 valence electrons. The maximum atomic E-state index is 4.91. The standard InChI is InChI=1S/C10H11NS/c12-7-10-5-8-3-1-2-4-9(8)6-11-10/h1-4,7,10-11H,5-6H2. The molecule has 1 N–H and O–H groups in total. The van der Waals surface area contributed by atoms with Crippen LogP contribution in [0, 0.1) is 0 Å². The first-order valence-electron chi connectivity index (χ1n) is 4.15. The summed E-state index contributed by atoms with van der Waals surface area (Å²) in [5, 5.41) is 5.18. The van der Waals surface area contributed by atoms with E-state index in [0.717, 1.165) is 13.0 Å². The Balaban J connectivity index is 2.28. The molecule has 0 aromatic heterocycles. The maximum Gasteiger partial charge on any atom is 0.0397 e. The van der Waals surface area contributed by atoms with E-state index in [9.17, 15) is 0 Å². The molecule has 1 heterocycles. The average molecular weight is 177 g/mol. The first-order chi connectivity index (χ1) is 5.90. The molecule has 2 heteroatoms. The van der Waals surface area contributed by atoms with Gasteiger partial charge in [-0.3, -0.25) is 0 Å². The van der Waals surface area contributed by atoms with Crippen molar-refractivity contribution in [1.82, 2.24) is 5.32 Å². The molecule has 1 aromatic carbocycles. The smallest absolute Gasteiger partial charge is 0.0397 e. The Morgan fingerprint density at radius 1 is 1.33 bits per heavy atom. The zero-order chi connectivity index (χ0) is 8.39. The van der Waals surface area contributed by atoms with E-state index >= 15 is 0 Å². The minimum absolute atomic E-state index is 0.384. The Bertz CT molecular complexity index is 296. The molecule has 1 nitrogen and oxygen atoms in total. The third kappa shape index (κ3) is 1.40. The Morgan fingerprint density at radius 2 is 2.08 bits per heavy atom. The molecule has 12 heavy (non-hydrogen) atoms. The monoisotopic (exact) mass is 177 g/mol. The van der Waals surface area contributed by atoms with Crippen molar-refractivity contribution in [3.05, 3.63) is 35.4 Å². The van der Waals surface area contributed by atoms with Gasteiger partial charge in [0.25, 0.3) is 0 Å². The SMILES string of the molecule is S=CC1Cc2ccccc2CN1. The molecule has 0 radical (unpaired) electrons. The second-order valence-electron chi connectivity index (χ2n) is 3.10. The lowest BCUT2D eigenvalue weighted by Crippen LogP contribution is -2.35. The highest BCUT2D eigenvalue weighted by Crippen LogP contribution is 2.15. The number of rotatable bonds is 1. The topological polar surface area (TPSA) is 12.0 Å². The summed E-state index contributed by atoms with van der Waals surface area (Å²) >= 11 is 4.91. The molecule has 2 rings (SSSR count). The van der Waals surface area contributed by atoms with Crippen LogP contribution in [0.3, 0.4) is 0 Å². The molecular formula is C10H11NS. The quantitative estimate of drug-likeness (QED) is 0.655. The fourth-order valence-electron chi connectivity index (χ4n) is 1.58. The molecule has 0 amide bonds. The number of fused-ring (bicyclic) bond motifs is 1. The zero-order valence-electron chi connectivity index (χ0n) is 6.79. The Hall–Kier alpha value is -0.730. The van der Waals surface area contributed by atoms with Crippen LogP contribution in [0.25, 0.3) is 0 Å². The van der Waals surface area contributed by atoms with E-state index in [-0.39, 0.29) is 0 Å². The Kier molecular flexibility index (Phi) is 2.19. The van der Waals surface area contributed by atoms with E-state index in [4.69, 9.17) is 12.2 Å². The third-order valence-electron chi connectivity index (χ3n) is 2.28. The predicted octanol–water partition coefficient (Wildman–Crippen LogP) is 1.70. The fraction of sp³-hybridized carbons (Fsp3) is 0.300. The van der Waals surface area contributed by atoms with Crippen LogP contribution in [0.1, 0.15) is 11.1 Å². The summed E-state index contributed by atoms with van der Waals surface area (Å²) in [6.45, 7) is 0.952. The van der Waals surface area contributed by atoms with E-state index in [2.05, 4.69) is 29.6 Å². The van der Waals surface area contributed by atoms with Gasteiger partial charge in [0.2, 0.25) is 0 Å². The van der Waals surface area contributed by atoms with Crippen LogP contribution in [0.4, 0.5) is 0 Å². The maximum absolute atomic E-state index is 4.91. The highest BCUT2D eigenvalue weighted by Gasteiger charge is 2.14. The predicted molar refractivity (Wildman–Crippen MR) is 54.4 cm³/mol. The Morgan fingerprint density at radius 3 is 2.83 bits per heavy atom. The van der Waals surface area contributed by atoms with Crippen LogP contribution in [0.15, 0.2) is 24.3 Å². The summed E-state index contributed by atoms with van der Waals surface area (Å²) < 4.78 is 0. The van der Waals surface area contributed by atoms with Crippen LogP contribution in [-0.4, -0.2) is 11.4 Å². The molecule has 1 unspecified atom stereocenters. The van der Waals surface area contributed by atoms with Crippen molar-refractivity contribution in [2.45, 2.75) is 19.0 Å². The third-order valence-corrected chi connectivity index (χ3v) is 2.61. The van der Waals surface area contributed by atoms with Gasteiger partial charge in [-0.05, 0) is 22.9 Å². The number of hydrogen-bond acceptors (Lipinski definition) is 2. The van der Waals surface area contributed by atoms with Crippen LogP contribution >= 0.6 is 12.2 Å². The van der Waals surface area contributed by atoms with E-state index < -0.39 is 0 Å². The van der Waals surface area contributed by atoms with Gasteiger partial charge in [0.05, 0.1) is 0 Å². The van der Waals surface area contributed by atoms with E-state index in [1.807, 2.05) is 5.37 Å². The summed E-state index contributed by atoms with van der Waals surface area (Å²) in [6, 6.07) is 8.90. The molecular weight excluding hydrogens is 166 g/mol. The van der Waals surface area contributed by atoms with E-state index in [0.29, 0.717) is 6.04 Å². The van der Waals surface area contributed by atoms with Crippen molar-refractivity contribution in [2.24, 2.45) is 0 Å². The van der Waals surface area contributed by atoms with Gasteiger partial charge in [-0.15, -0.1) is 0 Å². The number of benzene rings is 1. The summed E-state index contributed by atoms with van der Waals surface area (Å²) in [6.07, 6.45) is 1.04. The molecule has 0 aliphatic carbocycles. The van der Waals surface area contributed by atoms with Gasteiger partial charge in [-0.1, -0.05) is 36.5 Å². The highest BCUT2D eigenvalue weighted by atomic mass is 32.1. The summed E-state index contributed by atoms with van der Waals surface area (Å²) in [7, 11) is 0. The number of hydrogen-bond donors (Lipinski definition) is 1. The molecule has 0 saturated carbocycles. The molecule has 1 aromatic rings. The van der Waals surface area contributed by atoms with Crippen molar-refractivity contribution in [3.63, 3.8) is 0 Å². The molecule has 1 aliphatic rings. The minimum Gasteiger partial charge on any atom is -0.305 e. The second kappa shape index (κ2) is 3.33. The average Bonchev–Trinajstić information content (AvgIpc) is 2.17. The lowest BCUT2D eigenvalue weighted by atomic mass is 9.97. The first-order valence-corrected chi connectivity index (χ1v) is 4.63. The summed E-state index contributed by atoms with van der Waals surface area (Å²) in [5.41, 5.74) is 2.84. The largest absolute Gasteiger partial charge is 0.305 e. The van der Waals surface area contributed by atoms with Gasteiger partial charge in [-0.2, -0.15) is 0 Å². The van der Waals surface area contributed by atoms with Gasteiger partial charge in [0, 0.05) is 12.6 Å². The van der Waals surface area contributed by atoms with Gasteiger partial charge >= 0.3 is 0 Å². The second-order valence-corrected chi connectivity index (χ2v) is 3.37. The van der Waals surface area contributed by atoms with Gasteiger partial charge in [0.15, 0.2) is 0 Å². The van der Waals surface area contributed by atoms with Crippen molar-refractivity contribution >= 4 is 17.6 Å². The molecule has 0 fully saturated rings. The van der Waals surface area contributed by atoms with E-state index in [1.165, 1.54) is 11.1 Å². The molecule has 1 aliphatic heterocycles. The summed E-state index contributed by atoms with van der Waals surface area (Å²) in [5.74, 6) is 0. The normalized spacial score (nSPS) is 21.5. The molecule has 0 spiro atoms. The van der Waals surface area contributed by atoms with Crippen molar-refractivity contribution in [2.75, 3.05) is 0 Å². The van der Waals surface area contributed by atoms with Crippen molar-refractivity contribution in [1.29, 1.82) is 0 Å². The highest BCUT2D eigenvalue weighted by molar-refractivity contribution is 7.79. The van der Waals surface area contributed by atoms with Gasteiger partial charge < -0.3 is 5.32 Å². The van der Waals surface area contributed by atoms with Crippen LogP contribution in [-0.2, 0) is 13.0 Å². The lowest BCUT2D eigenvalue weighted by Gasteiger charge is -2.22. The lowest BCUT2D eigenvalue weighted by molar-refractivity contribution is 0.588. The zero-order valence-corrected chi connectivity index (χ0v) is 7.60. The van der Waals surface area contributed by atoms with E-state index in [1.54, 1.807) is 0 Å². The van der Waals surface area contributed by atoms with Crippen LogP contribution in [0.2, 0.25) is 0 Å². The molecule has 0 saturated heterocycles. The minimum atomic E-state index is 0.384. The van der Waals surface area contributed by atoms with Crippen LogP contribution < -0.4 is 5.32 Å². The first kappa shape index (κ1) is 7.90. The van der Waals surface area contributed by atoms with Crippen molar-refractivity contribution < 1.29 is 0 Å². The van der Waals surface area contributed by atoms with Gasteiger partial charge in [0.1, 0.15) is 0 Å². The van der Waals surface area contributed by atoms with Crippen LogP contribution in [0.5, 0.6) is 0 Å².